The molecule has 3 aromatic heterocycles. The maximum absolute atomic E-state index is 12.5. The molecule has 0 bridgehead atoms. The number of carbonyl (C=O) groups is 2. The van der Waals surface area contributed by atoms with Gasteiger partial charge in [-0.1, -0.05) is 69.3 Å². The number of thiazole rings is 1. The molecule has 0 atom stereocenters. The van der Waals surface area contributed by atoms with E-state index in [1.807, 2.05) is 63.4 Å². The van der Waals surface area contributed by atoms with Crippen molar-refractivity contribution in [1.82, 2.24) is 24.8 Å². The van der Waals surface area contributed by atoms with Gasteiger partial charge in [0.15, 0.2) is 10.8 Å². The van der Waals surface area contributed by atoms with E-state index in [2.05, 4.69) is 50.3 Å². The third kappa shape index (κ3) is 7.73. The molecule has 5 aromatic rings. The van der Waals surface area contributed by atoms with Crippen LogP contribution in [0.4, 0.5) is 16.3 Å². The van der Waals surface area contributed by atoms with Gasteiger partial charge in [0.05, 0.1) is 22.3 Å². The van der Waals surface area contributed by atoms with Gasteiger partial charge in [0.25, 0.3) is 0 Å². The van der Waals surface area contributed by atoms with Crippen molar-refractivity contribution in [3.8, 4) is 11.3 Å². The summed E-state index contributed by atoms with van der Waals surface area (Å²) in [7, 11) is 0. The van der Waals surface area contributed by atoms with Gasteiger partial charge in [-0.15, -0.1) is 12.4 Å². The Hall–Kier alpha value is -3.93. The van der Waals surface area contributed by atoms with Gasteiger partial charge in [0.1, 0.15) is 5.76 Å². The Morgan fingerprint density at radius 2 is 1.77 bits per heavy atom. The molecule has 0 saturated carbocycles. The minimum Gasteiger partial charge on any atom is -0.359 e. The zero-order valence-corrected chi connectivity index (χ0v) is 26.7. The number of urea groups is 1. The van der Waals surface area contributed by atoms with E-state index in [1.54, 1.807) is 17.4 Å². The SMILES string of the molecule is CCN(CC)CCNC(=O)Cc1ccc2c(c1)sc1nc(-c3ccc(NC(=O)Nc4cc(C(C)(C)C)on4)cc3)cn12.Cl. The lowest BCUT2D eigenvalue weighted by molar-refractivity contribution is -0.120. The van der Waals surface area contributed by atoms with E-state index < -0.39 is 6.03 Å². The van der Waals surface area contributed by atoms with E-state index in [9.17, 15) is 9.59 Å². The van der Waals surface area contributed by atoms with Gasteiger partial charge < -0.3 is 20.1 Å². The molecule has 0 spiro atoms. The summed E-state index contributed by atoms with van der Waals surface area (Å²) in [5, 5.41) is 12.5. The lowest BCUT2D eigenvalue weighted by Gasteiger charge is -2.17. The number of nitrogens with one attached hydrogen (secondary N) is 3. The van der Waals surface area contributed by atoms with Crippen molar-refractivity contribution in [3.05, 3.63) is 66.1 Å². The Morgan fingerprint density at radius 3 is 2.44 bits per heavy atom. The van der Waals surface area contributed by atoms with E-state index in [0.29, 0.717) is 30.2 Å². The van der Waals surface area contributed by atoms with Crippen molar-refractivity contribution in [1.29, 1.82) is 0 Å². The molecule has 3 N–H and O–H groups in total. The smallest absolute Gasteiger partial charge is 0.324 e. The van der Waals surface area contributed by atoms with E-state index in [0.717, 1.165) is 51.6 Å². The highest BCUT2D eigenvalue weighted by molar-refractivity contribution is 7.23. The van der Waals surface area contributed by atoms with Crippen molar-refractivity contribution >= 4 is 62.4 Å². The van der Waals surface area contributed by atoms with Crippen LogP contribution in [0.5, 0.6) is 0 Å². The molecule has 0 fully saturated rings. The molecule has 0 aliphatic carbocycles. The summed E-state index contributed by atoms with van der Waals surface area (Å²) in [6, 6.07) is 15.0. The molecule has 0 unspecified atom stereocenters. The Labute approximate surface area is 261 Å². The number of amides is 3. The first kappa shape index (κ1) is 32.0. The van der Waals surface area contributed by atoms with Gasteiger partial charge in [-0.3, -0.25) is 14.5 Å². The van der Waals surface area contributed by atoms with Gasteiger partial charge in [-0.25, -0.2) is 9.78 Å². The average molecular weight is 624 g/mol. The molecule has 3 amide bonds. The van der Waals surface area contributed by atoms with E-state index in [1.165, 1.54) is 0 Å². The van der Waals surface area contributed by atoms with Crippen LogP contribution in [0.2, 0.25) is 0 Å². The van der Waals surface area contributed by atoms with E-state index in [4.69, 9.17) is 9.51 Å². The monoisotopic (exact) mass is 623 g/mol. The number of fused-ring (bicyclic) bond motifs is 3. The molecule has 12 heteroatoms. The highest BCUT2D eigenvalue weighted by atomic mass is 35.5. The van der Waals surface area contributed by atoms with Crippen molar-refractivity contribution in [3.63, 3.8) is 0 Å². The Morgan fingerprint density at radius 1 is 1.02 bits per heavy atom. The molecule has 2 aromatic carbocycles. The number of hydrogen-bond acceptors (Lipinski definition) is 7. The van der Waals surface area contributed by atoms with Crippen LogP contribution in [0.25, 0.3) is 26.4 Å². The molecule has 43 heavy (non-hydrogen) atoms. The van der Waals surface area contributed by atoms with Gasteiger partial charge >= 0.3 is 6.03 Å². The summed E-state index contributed by atoms with van der Waals surface area (Å²) in [5.41, 5.74) is 4.27. The standard InChI is InChI=1S/C31H37N7O3S.ClH/c1-6-37(7-2)15-14-32-28(39)17-20-8-13-24-25(16-20)42-30-34-23(19-38(24)30)21-9-11-22(12-10-21)33-29(40)35-27-18-26(41-36-27)31(3,4)5;/h8-13,16,18-19H,6-7,14-15,17H2,1-5H3,(H,32,39)(H2,33,35,36,40);1H. The Balaban J connectivity index is 0.00000423. The highest BCUT2D eigenvalue weighted by Gasteiger charge is 2.20. The fraction of sp³-hybridized carbons (Fsp3) is 0.355. The van der Waals surface area contributed by atoms with Crippen LogP contribution in [0.15, 0.2) is 59.3 Å². The first-order valence-electron chi connectivity index (χ1n) is 14.2. The summed E-state index contributed by atoms with van der Waals surface area (Å²) in [6.45, 7) is 13.8. The van der Waals surface area contributed by atoms with Gasteiger partial charge in [0, 0.05) is 42.0 Å². The molecular formula is C31H38ClN7O3S. The lowest BCUT2D eigenvalue weighted by Crippen LogP contribution is -2.35. The maximum Gasteiger partial charge on any atom is 0.324 e. The largest absolute Gasteiger partial charge is 0.359 e. The Kier molecular flexibility index (Phi) is 10.1. The molecule has 3 heterocycles. The molecule has 0 aliphatic rings. The van der Waals surface area contributed by atoms with Crippen molar-refractivity contribution in [2.24, 2.45) is 0 Å². The lowest BCUT2D eigenvalue weighted by atomic mass is 9.93. The van der Waals surface area contributed by atoms with Crippen LogP contribution in [-0.2, 0) is 16.6 Å². The van der Waals surface area contributed by atoms with Crippen LogP contribution < -0.4 is 16.0 Å². The number of aromatic nitrogens is 3. The second kappa shape index (κ2) is 13.6. The Bertz CT molecular complexity index is 1700. The number of benzene rings is 2. The van der Waals surface area contributed by atoms with Gasteiger partial charge in [-0.2, -0.15) is 0 Å². The van der Waals surface area contributed by atoms with Crippen LogP contribution in [0.1, 0.15) is 45.9 Å². The van der Waals surface area contributed by atoms with Crippen molar-refractivity contribution < 1.29 is 14.1 Å². The number of hydrogen-bond donors (Lipinski definition) is 3. The van der Waals surface area contributed by atoms with Crippen LogP contribution in [0.3, 0.4) is 0 Å². The highest BCUT2D eigenvalue weighted by Crippen LogP contribution is 2.31. The number of nitrogens with zero attached hydrogens (tertiary/aromatic N) is 4. The fourth-order valence-electron chi connectivity index (χ4n) is 4.63. The van der Waals surface area contributed by atoms with E-state index >= 15 is 0 Å². The summed E-state index contributed by atoms with van der Waals surface area (Å²) in [5.74, 6) is 1.09. The fourth-order valence-corrected chi connectivity index (χ4v) is 5.70. The summed E-state index contributed by atoms with van der Waals surface area (Å²) < 4.78 is 8.48. The average Bonchev–Trinajstić information content (AvgIpc) is 3.66. The number of carbonyl (C=O) groups excluding carboxylic acids is 2. The van der Waals surface area contributed by atoms with Crippen LogP contribution in [-0.4, -0.2) is 57.6 Å². The number of rotatable bonds is 10. The molecule has 10 nitrogen and oxygen atoms in total. The first-order chi connectivity index (χ1) is 20.1. The van der Waals surface area contributed by atoms with Crippen LogP contribution >= 0.6 is 23.7 Å². The van der Waals surface area contributed by atoms with Gasteiger partial charge in [0.2, 0.25) is 5.91 Å². The normalized spacial score (nSPS) is 11.6. The number of likely N-dealkylation sites (N-methyl/N-ethyl adjacent to an activating group) is 1. The topological polar surface area (TPSA) is 117 Å². The molecule has 0 aliphatic heterocycles. The molecule has 5 rings (SSSR count). The third-order valence-electron chi connectivity index (χ3n) is 7.10. The number of halogens is 1. The van der Waals surface area contributed by atoms with Crippen LogP contribution in [0, 0.1) is 0 Å². The zero-order chi connectivity index (χ0) is 29.9. The molecule has 0 radical (unpaired) electrons. The maximum atomic E-state index is 12.5. The number of anilines is 2. The quantitative estimate of drug-likeness (QED) is 0.162. The zero-order valence-electron chi connectivity index (χ0n) is 25.1. The van der Waals surface area contributed by atoms with Gasteiger partial charge in [-0.05, 0) is 42.9 Å². The first-order valence-corrected chi connectivity index (χ1v) is 15.0. The predicted molar refractivity (Wildman–Crippen MR) is 176 cm³/mol. The third-order valence-corrected chi connectivity index (χ3v) is 8.11. The minimum atomic E-state index is -0.401. The second-order valence-electron chi connectivity index (χ2n) is 11.2. The van der Waals surface area contributed by atoms with Crippen molar-refractivity contribution in [2.75, 3.05) is 36.8 Å². The summed E-state index contributed by atoms with van der Waals surface area (Å²) >= 11 is 1.60. The molecule has 0 saturated heterocycles. The minimum absolute atomic E-state index is 0. The molecule has 228 valence electrons. The summed E-state index contributed by atoms with van der Waals surface area (Å²) in [6.07, 6.45) is 2.37. The predicted octanol–water partition coefficient (Wildman–Crippen LogP) is 6.57. The van der Waals surface area contributed by atoms with E-state index in [-0.39, 0.29) is 23.7 Å². The molecular weight excluding hydrogens is 586 g/mol. The number of imidazole rings is 1. The summed E-state index contributed by atoms with van der Waals surface area (Å²) in [4.78, 5) is 32.9. The van der Waals surface area contributed by atoms with Crippen molar-refractivity contribution in [2.45, 2.75) is 46.5 Å². The second-order valence-corrected chi connectivity index (χ2v) is 12.2.